The van der Waals surface area contributed by atoms with Crippen LogP contribution in [0.5, 0.6) is 0 Å². The Balaban J connectivity index is 4.11. The highest BCUT2D eigenvalue weighted by molar-refractivity contribution is 5.71. The fourth-order valence-corrected chi connectivity index (χ4v) is 10.1. The summed E-state index contributed by atoms with van der Waals surface area (Å²) < 4.78 is 16.9. The summed E-state index contributed by atoms with van der Waals surface area (Å²) in [5.41, 5.74) is 0. The van der Waals surface area contributed by atoms with E-state index in [2.05, 4.69) is 118 Å². The SMILES string of the molecule is CC/C=C\C/C=C\C/C=C\C/C=C\C/C=C\CCCCCCCCCCCCCCCCCC(=O)OCC(COC(=O)CCCCCCCCCC)OC(=O)CCCCCCCCCCCC/C=C\C/C=C\C/C=C\CCCCCCC. The summed E-state index contributed by atoms with van der Waals surface area (Å²) in [6.45, 7) is 6.52. The Morgan fingerprint density at radius 3 is 0.744 bits per heavy atom. The Morgan fingerprint density at radius 2 is 0.476 bits per heavy atom. The lowest BCUT2D eigenvalue weighted by molar-refractivity contribution is -0.167. The fraction of sp³-hybridized carbons (Fsp3) is 0.750. The molecule has 0 N–H and O–H groups in total. The van der Waals surface area contributed by atoms with Gasteiger partial charge >= 0.3 is 17.9 Å². The summed E-state index contributed by atoms with van der Waals surface area (Å²) >= 11 is 0. The fourth-order valence-electron chi connectivity index (χ4n) is 10.1. The van der Waals surface area contributed by atoms with Gasteiger partial charge in [-0.1, -0.05) is 323 Å². The molecule has 0 aromatic heterocycles. The second-order valence-electron chi connectivity index (χ2n) is 23.4. The number of carbonyl (C=O) groups excluding carboxylic acids is 3. The molecule has 0 saturated carbocycles. The summed E-state index contributed by atoms with van der Waals surface area (Å²) in [5, 5.41) is 0. The summed E-state index contributed by atoms with van der Waals surface area (Å²) in [7, 11) is 0. The van der Waals surface area contributed by atoms with Crippen molar-refractivity contribution in [3.63, 3.8) is 0 Å². The minimum absolute atomic E-state index is 0.0751. The third kappa shape index (κ3) is 67.1. The molecule has 0 rings (SSSR count). The smallest absolute Gasteiger partial charge is 0.306 e. The Labute approximate surface area is 508 Å². The number of hydrogen-bond acceptors (Lipinski definition) is 6. The lowest BCUT2D eigenvalue weighted by Crippen LogP contribution is -2.30. The van der Waals surface area contributed by atoms with Gasteiger partial charge in [0.05, 0.1) is 0 Å². The van der Waals surface area contributed by atoms with Crippen molar-refractivity contribution in [2.75, 3.05) is 13.2 Å². The van der Waals surface area contributed by atoms with Crippen molar-refractivity contribution in [3.8, 4) is 0 Å². The van der Waals surface area contributed by atoms with Gasteiger partial charge in [-0.3, -0.25) is 14.4 Å². The van der Waals surface area contributed by atoms with Crippen LogP contribution in [0.2, 0.25) is 0 Å². The molecule has 6 nitrogen and oxygen atoms in total. The van der Waals surface area contributed by atoms with E-state index in [4.69, 9.17) is 14.2 Å². The minimum atomic E-state index is -0.777. The van der Waals surface area contributed by atoms with Gasteiger partial charge in [0, 0.05) is 19.3 Å². The van der Waals surface area contributed by atoms with Crippen molar-refractivity contribution in [1.29, 1.82) is 0 Å². The minimum Gasteiger partial charge on any atom is -0.462 e. The summed E-state index contributed by atoms with van der Waals surface area (Å²) in [4.78, 5) is 38.3. The Morgan fingerprint density at radius 1 is 0.256 bits per heavy atom. The van der Waals surface area contributed by atoms with Gasteiger partial charge in [0.1, 0.15) is 13.2 Å². The number of rotatable bonds is 64. The highest BCUT2D eigenvalue weighted by atomic mass is 16.6. The molecule has 0 aromatic carbocycles. The Bertz CT molecular complexity index is 1590. The molecule has 1 atom stereocenters. The molecule has 0 aliphatic carbocycles. The van der Waals surface area contributed by atoms with Crippen molar-refractivity contribution in [2.24, 2.45) is 0 Å². The highest BCUT2D eigenvalue weighted by Crippen LogP contribution is 2.17. The summed E-state index contributed by atoms with van der Waals surface area (Å²) in [6, 6.07) is 0. The van der Waals surface area contributed by atoms with E-state index in [0.29, 0.717) is 19.3 Å². The first-order chi connectivity index (χ1) is 40.5. The molecule has 0 aromatic rings. The first kappa shape index (κ1) is 78.3. The second kappa shape index (κ2) is 69.8. The Hall–Kier alpha value is -3.67. The lowest BCUT2D eigenvalue weighted by Gasteiger charge is -2.18. The predicted molar refractivity (Wildman–Crippen MR) is 357 cm³/mol. The standard InChI is InChI=1S/C76H132O6/c1-4-7-10-13-16-19-21-23-25-27-29-31-33-35-36-37-38-39-40-42-43-45-47-49-51-53-55-57-60-63-66-69-75(78)81-72-73(71-80-74(77)68-65-62-59-18-15-12-9-6-3)82-76(79)70-67-64-61-58-56-54-52-50-48-46-44-41-34-32-30-28-26-24-22-20-17-14-11-8-5-2/h7,10,16,19,22-25,28-31,34-36,41,73H,4-6,8-9,11-15,17-18,20-21,26-27,32-33,37-40,42-72H2,1-3H3/b10-7-,19-16-,24-22-,25-23-,30-28-,31-29-,36-35-,41-34-. The van der Waals surface area contributed by atoms with Crippen LogP contribution in [0.3, 0.4) is 0 Å². The number of esters is 3. The molecule has 472 valence electrons. The second-order valence-corrected chi connectivity index (χ2v) is 23.4. The molecule has 0 bridgehead atoms. The van der Waals surface area contributed by atoms with Crippen LogP contribution in [0.15, 0.2) is 97.2 Å². The lowest BCUT2D eigenvalue weighted by atomic mass is 10.0. The average Bonchev–Trinajstić information content (AvgIpc) is 3.47. The molecule has 6 heteroatoms. The highest BCUT2D eigenvalue weighted by Gasteiger charge is 2.19. The van der Waals surface area contributed by atoms with Gasteiger partial charge in [-0.15, -0.1) is 0 Å². The molecule has 0 fully saturated rings. The summed E-state index contributed by atoms with van der Waals surface area (Å²) in [6.07, 6.45) is 94.5. The van der Waals surface area contributed by atoms with E-state index in [1.54, 1.807) is 0 Å². The van der Waals surface area contributed by atoms with Gasteiger partial charge in [0.25, 0.3) is 0 Å². The number of hydrogen-bond donors (Lipinski definition) is 0. The van der Waals surface area contributed by atoms with E-state index in [-0.39, 0.29) is 31.1 Å². The zero-order valence-electron chi connectivity index (χ0n) is 54.2. The van der Waals surface area contributed by atoms with Crippen LogP contribution >= 0.6 is 0 Å². The molecule has 1 unspecified atom stereocenters. The molecule has 82 heavy (non-hydrogen) atoms. The maximum atomic E-state index is 12.9. The quantitative estimate of drug-likeness (QED) is 0.0261. The molecule has 0 aliphatic rings. The number of ether oxygens (including phenoxy) is 3. The summed E-state index contributed by atoms with van der Waals surface area (Å²) in [5.74, 6) is -0.869. The molecule has 0 amide bonds. The van der Waals surface area contributed by atoms with E-state index < -0.39 is 6.10 Å². The predicted octanol–water partition coefficient (Wildman–Crippen LogP) is 24.4. The number of allylic oxidation sites excluding steroid dienone is 16. The average molecular weight is 1140 g/mol. The van der Waals surface area contributed by atoms with Crippen molar-refractivity contribution in [2.45, 2.75) is 354 Å². The largest absolute Gasteiger partial charge is 0.462 e. The molecule has 0 spiro atoms. The van der Waals surface area contributed by atoms with Crippen LogP contribution in [0.4, 0.5) is 0 Å². The van der Waals surface area contributed by atoms with E-state index >= 15 is 0 Å². The van der Waals surface area contributed by atoms with Crippen molar-refractivity contribution >= 4 is 17.9 Å². The molecule has 0 aliphatic heterocycles. The molecule has 0 heterocycles. The van der Waals surface area contributed by atoms with Crippen LogP contribution in [0, 0.1) is 0 Å². The van der Waals surface area contributed by atoms with Crippen LogP contribution < -0.4 is 0 Å². The molecular formula is C76H132O6. The normalized spacial score (nSPS) is 12.7. The van der Waals surface area contributed by atoms with Crippen molar-refractivity contribution < 1.29 is 28.6 Å². The third-order valence-corrected chi connectivity index (χ3v) is 15.3. The van der Waals surface area contributed by atoms with Gasteiger partial charge in [0.15, 0.2) is 6.10 Å². The first-order valence-corrected chi connectivity index (χ1v) is 35.2. The maximum absolute atomic E-state index is 12.9. The van der Waals surface area contributed by atoms with E-state index in [1.807, 2.05) is 0 Å². The van der Waals surface area contributed by atoms with Gasteiger partial charge in [-0.05, 0) is 103 Å². The van der Waals surface area contributed by atoms with Gasteiger partial charge in [-0.2, -0.15) is 0 Å². The van der Waals surface area contributed by atoms with Crippen LogP contribution in [-0.4, -0.2) is 37.2 Å². The zero-order valence-corrected chi connectivity index (χ0v) is 54.2. The molecular weight excluding hydrogens is 1010 g/mol. The van der Waals surface area contributed by atoms with Crippen LogP contribution in [-0.2, 0) is 28.6 Å². The van der Waals surface area contributed by atoms with Gasteiger partial charge in [-0.25, -0.2) is 0 Å². The maximum Gasteiger partial charge on any atom is 0.306 e. The number of carbonyl (C=O) groups is 3. The van der Waals surface area contributed by atoms with E-state index in [1.165, 1.54) is 205 Å². The number of unbranched alkanes of at least 4 members (excludes halogenated alkanes) is 37. The van der Waals surface area contributed by atoms with Crippen LogP contribution in [0.1, 0.15) is 348 Å². The van der Waals surface area contributed by atoms with Crippen molar-refractivity contribution in [3.05, 3.63) is 97.2 Å². The monoisotopic (exact) mass is 1140 g/mol. The topological polar surface area (TPSA) is 78.9 Å². The van der Waals surface area contributed by atoms with E-state index in [0.717, 1.165) is 103 Å². The van der Waals surface area contributed by atoms with Gasteiger partial charge < -0.3 is 14.2 Å². The van der Waals surface area contributed by atoms with Crippen LogP contribution in [0.25, 0.3) is 0 Å². The van der Waals surface area contributed by atoms with E-state index in [9.17, 15) is 14.4 Å². The zero-order chi connectivity index (χ0) is 59.2. The molecule has 0 saturated heterocycles. The third-order valence-electron chi connectivity index (χ3n) is 15.3. The van der Waals surface area contributed by atoms with Gasteiger partial charge in [0.2, 0.25) is 0 Å². The molecule has 0 radical (unpaired) electrons. The Kier molecular flexibility index (Phi) is 66.7. The van der Waals surface area contributed by atoms with Crippen molar-refractivity contribution in [1.82, 2.24) is 0 Å². The first-order valence-electron chi connectivity index (χ1n) is 35.2.